The zero-order valence-electron chi connectivity index (χ0n) is 18.9. The Hall–Kier alpha value is -2.37. The molecule has 2 aromatic rings. The van der Waals surface area contributed by atoms with E-state index in [9.17, 15) is 4.79 Å². The predicted octanol–water partition coefficient (Wildman–Crippen LogP) is 5.53. The van der Waals surface area contributed by atoms with Crippen molar-refractivity contribution in [1.82, 2.24) is 4.90 Å². The molecule has 2 fully saturated rings. The second-order valence-corrected chi connectivity index (χ2v) is 9.67. The van der Waals surface area contributed by atoms with Gasteiger partial charge in [-0.1, -0.05) is 36.4 Å². The molecule has 2 saturated heterocycles. The third-order valence-corrected chi connectivity index (χ3v) is 7.64. The number of piperidine rings is 1. The lowest BCUT2D eigenvalue weighted by atomic mass is 9.68. The number of amides is 1. The van der Waals surface area contributed by atoms with Crippen molar-refractivity contribution in [1.29, 1.82) is 0 Å². The fourth-order valence-electron chi connectivity index (χ4n) is 5.69. The van der Waals surface area contributed by atoms with Gasteiger partial charge in [0.15, 0.2) is 0 Å². The van der Waals surface area contributed by atoms with E-state index in [4.69, 9.17) is 9.47 Å². The van der Waals surface area contributed by atoms with Crippen molar-refractivity contribution in [3.05, 3.63) is 65.2 Å². The molecule has 3 heterocycles. The van der Waals surface area contributed by atoms with E-state index >= 15 is 0 Å². The molecule has 1 N–H and O–H groups in total. The van der Waals surface area contributed by atoms with Gasteiger partial charge in [-0.05, 0) is 86.7 Å². The molecule has 0 spiro atoms. The standard InChI is InChI=1S/C27H34N2O3/c30-26-28-24-10-9-22(18-23(24)20-32-26)19-29-15-13-27(14-16-29,25-8-4-5-17-31-25)12-11-21-6-2-1-3-7-21/h1-3,6-7,9-10,18,25H,4-5,8,11-17,19-20H2,(H,28,30). The highest BCUT2D eigenvalue weighted by atomic mass is 16.5. The molecule has 0 saturated carbocycles. The number of carbonyl (C=O) groups is 1. The Morgan fingerprint density at radius 1 is 1.03 bits per heavy atom. The number of aryl methyl sites for hydroxylation is 1. The molecule has 0 aliphatic carbocycles. The summed E-state index contributed by atoms with van der Waals surface area (Å²) in [7, 11) is 0. The molecule has 1 unspecified atom stereocenters. The highest BCUT2D eigenvalue weighted by Crippen LogP contribution is 2.44. The van der Waals surface area contributed by atoms with Gasteiger partial charge in [-0.25, -0.2) is 4.79 Å². The summed E-state index contributed by atoms with van der Waals surface area (Å²) in [5.74, 6) is 0. The fourth-order valence-corrected chi connectivity index (χ4v) is 5.69. The molecule has 1 amide bonds. The van der Waals surface area contributed by atoms with E-state index in [1.165, 1.54) is 49.7 Å². The first-order valence-electron chi connectivity index (χ1n) is 12.1. The van der Waals surface area contributed by atoms with Crippen LogP contribution in [0.15, 0.2) is 48.5 Å². The van der Waals surface area contributed by atoms with Crippen LogP contribution in [0.5, 0.6) is 0 Å². The van der Waals surface area contributed by atoms with Crippen molar-refractivity contribution < 1.29 is 14.3 Å². The van der Waals surface area contributed by atoms with Crippen LogP contribution >= 0.6 is 0 Å². The lowest BCUT2D eigenvalue weighted by molar-refractivity contribution is -0.0971. The van der Waals surface area contributed by atoms with Crippen LogP contribution in [0.2, 0.25) is 0 Å². The summed E-state index contributed by atoms with van der Waals surface area (Å²) in [4.78, 5) is 14.0. The Kier molecular flexibility index (Phi) is 6.47. The monoisotopic (exact) mass is 434 g/mol. The average molecular weight is 435 g/mol. The van der Waals surface area contributed by atoms with Crippen LogP contribution in [-0.2, 0) is 29.0 Å². The van der Waals surface area contributed by atoms with Crippen LogP contribution in [0, 0.1) is 5.41 Å². The first-order chi connectivity index (χ1) is 15.7. The number of anilines is 1. The quantitative estimate of drug-likeness (QED) is 0.649. The first kappa shape index (κ1) is 21.5. The van der Waals surface area contributed by atoms with Crippen LogP contribution in [-0.4, -0.2) is 36.8 Å². The van der Waals surface area contributed by atoms with Crippen molar-refractivity contribution >= 4 is 11.8 Å². The smallest absolute Gasteiger partial charge is 0.411 e. The van der Waals surface area contributed by atoms with Crippen LogP contribution in [0.3, 0.4) is 0 Å². The van der Waals surface area contributed by atoms with Crippen LogP contribution in [0.25, 0.3) is 0 Å². The summed E-state index contributed by atoms with van der Waals surface area (Å²) in [6.45, 7) is 4.45. The van der Waals surface area contributed by atoms with E-state index in [0.717, 1.165) is 43.9 Å². The van der Waals surface area contributed by atoms with Gasteiger partial charge in [0, 0.05) is 18.7 Å². The first-order valence-corrected chi connectivity index (χ1v) is 12.1. The van der Waals surface area contributed by atoms with Gasteiger partial charge < -0.3 is 9.47 Å². The number of nitrogens with one attached hydrogen (secondary N) is 1. The molecule has 5 nitrogen and oxygen atoms in total. The van der Waals surface area contributed by atoms with Gasteiger partial charge in [0.05, 0.1) is 11.8 Å². The highest BCUT2D eigenvalue weighted by molar-refractivity contribution is 5.87. The lowest BCUT2D eigenvalue weighted by Gasteiger charge is -2.48. The maximum atomic E-state index is 11.4. The minimum Gasteiger partial charge on any atom is -0.444 e. The SMILES string of the molecule is O=C1Nc2ccc(CN3CCC(CCc4ccccc4)(C4CCCCO4)CC3)cc2CO1. The van der Waals surface area contributed by atoms with Crippen LogP contribution in [0.1, 0.15) is 55.2 Å². The highest BCUT2D eigenvalue weighted by Gasteiger charge is 2.42. The predicted molar refractivity (Wildman–Crippen MR) is 126 cm³/mol. The van der Waals surface area contributed by atoms with Crippen LogP contribution in [0.4, 0.5) is 10.5 Å². The summed E-state index contributed by atoms with van der Waals surface area (Å²) in [6, 6.07) is 17.2. The summed E-state index contributed by atoms with van der Waals surface area (Å²) >= 11 is 0. The second-order valence-electron chi connectivity index (χ2n) is 9.67. The third kappa shape index (κ3) is 4.84. The second kappa shape index (κ2) is 9.63. The number of cyclic esters (lactones) is 1. The van der Waals surface area contributed by atoms with Gasteiger partial charge in [0.1, 0.15) is 6.61 Å². The number of hydrogen-bond acceptors (Lipinski definition) is 4. The molecule has 5 rings (SSSR count). The molecule has 0 bridgehead atoms. The molecule has 5 heteroatoms. The average Bonchev–Trinajstić information content (AvgIpc) is 2.85. The molecule has 3 aliphatic rings. The van der Waals surface area contributed by atoms with Crippen molar-refractivity contribution in [3.63, 3.8) is 0 Å². The van der Waals surface area contributed by atoms with Crippen LogP contribution < -0.4 is 5.32 Å². The zero-order valence-corrected chi connectivity index (χ0v) is 18.9. The molecular formula is C27H34N2O3. The van der Waals surface area contributed by atoms with E-state index in [1.54, 1.807) is 0 Å². The van der Waals surface area contributed by atoms with E-state index in [0.29, 0.717) is 18.1 Å². The number of hydrogen-bond donors (Lipinski definition) is 1. The zero-order chi connectivity index (χ0) is 21.8. The maximum absolute atomic E-state index is 11.4. The van der Waals surface area contributed by atoms with E-state index in [1.807, 2.05) is 6.07 Å². The van der Waals surface area contributed by atoms with E-state index in [2.05, 4.69) is 52.7 Å². The maximum Gasteiger partial charge on any atom is 0.411 e. The largest absolute Gasteiger partial charge is 0.444 e. The minimum atomic E-state index is -0.363. The number of fused-ring (bicyclic) bond motifs is 1. The molecule has 0 aromatic heterocycles. The molecular weight excluding hydrogens is 400 g/mol. The number of nitrogens with zero attached hydrogens (tertiary/aromatic N) is 1. The molecule has 0 radical (unpaired) electrons. The van der Waals surface area contributed by atoms with Crippen molar-refractivity contribution in [2.75, 3.05) is 25.0 Å². The molecule has 1 atom stereocenters. The number of likely N-dealkylation sites (tertiary alicyclic amines) is 1. The summed E-state index contributed by atoms with van der Waals surface area (Å²) < 4.78 is 11.5. The van der Waals surface area contributed by atoms with E-state index in [-0.39, 0.29) is 6.09 Å². The van der Waals surface area contributed by atoms with Gasteiger partial charge in [-0.2, -0.15) is 0 Å². The Labute approximate surface area is 191 Å². The Bertz CT molecular complexity index is 916. The van der Waals surface area contributed by atoms with Crippen molar-refractivity contribution in [3.8, 4) is 0 Å². The minimum absolute atomic E-state index is 0.292. The molecule has 3 aliphatic heterocycles. The number of carbonyl (C=O) groups excluding carboxylic acids is 1. The molecule has 2 aromatic carbocycles. The Morgan fingerprint density at radius 2 is 1.88 bits per heavy atom. The summed E-state index contributed by atoms with van der Waals surface area (Å²) in [5, 5.41) is 2.78. The lowest BCUT2D eigenvalue weighted by Crippen LogP contribution is -2.48. The number of benzene rings is 2. The molecule has 170 valence electrons. The van der Waals surface area contributed by atoms with Gasteiger partial charge in [-0.15, -0.1) is 0 Å². The van der Waals surface area contributed by atoms with Gasteiger partial charge in [0.2, 0.25) is 0 Å². The Balaban J connectivity index is 1.23. The normalized spacial score (nSPS) is 23.1. The third-order valence-electron chi connectivity index (χ3n) is 7.64. The number of rotatable bonds is 6. The topological polar surface area (TPSA) is 50.8 Å². The van der Waals surface area contributed by atoms with Gasteiger partial charge >= 0.3 is 6.09 Å². The van der Waals surface area contributed by atoms with Gasteiger partial charge in [-0.3, -0.25) is 10.2 Å². The van der Waals surface area contributed by atoms with Crippen molar-refractivity contribution in [2.45, 2.75) is 64.2 Å². The van der Waals surface area contributed by atoms with Gasteiger partial charge in [0.25, 0.3) is 0 Å². The van der Waals surface area contributed by atoms with E-state index < -0.39 is 0 Å². The fraction of sp³-hybridized carbons (Fsp3) is 0.519. The summed E-state index contributed by atoms with van der Waals surface area (Å²) in [6.07, 6.45) is 8.52. The molecule has 32 heavy (non-hydrogen) atoms. The van der Waals surface area contributed by atoms with Crippen molar-refractivity contribution in [2.24, 2.45) is 5.41 Å². The summed E-state index contributed by atoms with van der Waals surface area (Å²) in [5.41, 5.74) is 4.95. The Morgan fingerprint density at radius 3 is 2.66 bits per heavy atom. The number of ether oxygens (including phenoxy) is 2.